The van der Waals surface area contributed by atoms with E-state index in [1.165, 1.54) is 0 Å². The molecule has 1 atom stereocenters. The van der Waals surface area contributed by atoms with Crippen LogP contribution < -0.4 is 9.47 Å². The predicted octanol–water partition coefficient (Wildman–Crippen LogP) is 4.76. The van der Waals surface area contributed by atoms with Crippen molar-refractivity contribution in [1.82, 2.24) is 0 Å². The van der Waals surface area contributed by atoms with Gasteiger partial charge in [-0.1, -0.05) is 11.6 Å². The Morgan fingerprint density at radius 1 is 1.05 bits per heavy atom. The third-order valence-corrected chi connectivity index (χ3v) is 3.23. The molecule has 2 rings (SSSR count). The quantitative estimate of drug-likeness (QED) is 0.798. The maximum absolute atomic E-state index is 10.5. The molecule has 0 radical (unpaired) electrons. The van der Waals surface area contributed by atoms with Gasteiger partial charge in [-0.25, -0.2) is 0 Å². The lowest BCUT2D eigenvalue weighted by Gasteiger charge is -2.14. The van der Waals surface area contributed by atoms with Crippen molar-refractivity contribution in [3.8, 4) is 17.2 Å². The largest absolute Gasteiger partial charge is 0.491 e. The van der Waals surface area contributed by atoms with E-state index in [0.29, 0.717) is 28.7 Å². The number of rotatable bonds is 7. The number of aliphatic carboxylic acids is 1. The fraction of sp³-hybridized carbons (Fsp3) is 0.235. The average Bonchev–Trinajstić information content (AvgIpc) is 2.49. The number of carboxylic acids is 1. The standard InChI is InChI=1S/C17H17ClO4/c1-12(2-11-17(19)20)21-14-7-9-16(10-8-14)22-15-5-3-13(18)4-6-15/h3-10,12H,2,11H2,1H3,(H,19,20). The van der Waals surface area contributed by atoms with Gasteiger partial charge in [-0.05, 0) is 61.9 Å². The van der Waals surface area contributed by atoms with Gasteiger partial charge >= 0.3 is 5.97 Å². The highest BCUT2D eigenvalue weighted by molar-refractivity contribution is 6.30. The number of hydrogen-bond donors (Lipinski definition) is 1. The van der Waals surface area contributed by atoms with Crippen molar-refractivity contribution in [2.24, 2.45) is 0 Å². The maximum Gasteiger partial charge on any atom is 0.303 e. The molecule has 5 heteroatoms. The summed E-state index contributed by atoms with van der Waals surface area (Å²) in [7, 11) is 0. The summed E-state index contributed by atoms with van der Waals surface area (Å²) in [5.74, 6) is 1.25. The molecule has 22 heavy (non-hydrogen) atoms. The van der Waals surface area contributed by atoms with E-state index >= 15 is 0 Å². The minimum Gasteiger partial charge on any atom is -0.491 e. The number of ether oxygens (including phenoxy) is 2. The molecule has 0 fully saturated rings. The van der Waals surface area contributed by atoms with E-state index in [4.69, 9.17) is 26.2 Å². The van der Waals surface area contributed by atoms with Crippen LogP contribution in [-0.2, 0) is 4.79 Å². The van der Waals surface area contributed by atoms with Gasteiger partial charge in [0.1, 0.15) is 17.2 Å². The number of halogens is 1. The van der Waals surface area contributed by atoms with E-state index in [1.54, 1.807) is 48.5 Å². The zero-order valence-corrected chi connectivity index (χ0v) is 12.9. The predicted molar refractivity (Wildman–Crippen MR) is 84.9 cm³/mol. The number of hydrogen-bond acceptors (Lipinski definition) is 3. The second-order valence-electron chi connectivity index (χ2n) is 4.89. The fourth-order valence-corrected chi connectivity index (χ4v) is 1.97. The van der Waals surface area contributed by atoms with Crippen LogP contribution in [0.2, 0.25) is 5.02 Å². The molecule has 0 aromatic heterocycles. The van der Waals surface area contributed by atoms with Gasteiger partial charge in [-0.15, -0.1) is 0 Å². The Balaban J connectivity index is 1.89. The number of carboxylic acid groups (broad SMARTS) is 1. The summed E-state index contributed by atoms with van der Waals surface area (Å²) in [4.78, 5) is 10.5. The third-order valence-electron chi connectivity index (χ3n) is 2.98. The van der Waals surface area contributed by atoms with Gasteiger partial charge in [0, 0.05) is 11.4 Å². The molecule has 0 aliphatic heterocycles. The van der Waals surface area contributed by atoms with Gasteiger partial charge in [0.05, 0.1) is 6.10 Å². The van der Waals surface area contributed by atoms with Gasteiger partial charge in [-0.2, -0.15) is 0 Å². The molecule has 0 spiro atoms. The minimum atomic E-state index is -0.817. The first-order valence-electron chi connectivity index (χ1n) is 6.95. The molecule has 0 aliphatic carbocycles. The molecular weight excluding hydrogens is 304 g/mol. The van der Waals surface area contributed by atoms with Gasteiger partial charge in [0.25, 0.3) is 0 Å². The van der Waals surface area contributed by atoms with Crippen LogP contribution in [0.15, 0.2) is 48.5 Å². The maximum atomic E-state index is 10.5. The van der Waals surface area contributed by atoms with Crippen molar-refractivity contribution >= 4 is 17.6 Å². The van der Waals surface area contributed by atoms with Gasteiger partial charge in [0.15, 0.2) is 0 Å². The van der Waals surface area contributed by atoms with Crippen molar-refractivity contribution in [2.45, 2.75) is 25.9 Å². The first-order valence-corrected chi connectivity index (χ1v) is 7.32. The Bertz CT molecular complexity index is 608. The van der Waals surface area contributed by atoms with Crippen LogP contribution in [0.4, 0.5) is 0 Å². The van der Waals surface area contributed by atoms with Gasteiger partial charge in [-0.3, -0.25) is 4.79 Å². The summed E-state index contributed by atoms with van der Waals surface area (Å²) >= 11 is 5.82. The number of benzene rings is 2. The lowest BCUT2D eigenvalue weighted by molar-refractivity contribution is -0.137. The zero-order chi connectivity index (χ0) is 15.9. The Morgan fingerprint density at radius 2 is 1.55 bits per heavy atom. The Labute approximate surface area is 134 Å². The van der Waals surface area contributed by atoms with Crippen molar-refractivity contribution in [3.05, 3.63) is 53.6 Å². The molecule has 0 saturated carbocycles. The second kappa shape index (κ2) is 7.71. The first kappa shape index (κ1) is 16.2. The highest BCUT2D eigenvalue weighted by Gasteiger charge is 2.07. The zero-order valence-electron chi connectivity index (χ0n) is 12.2. The smallest absolute Gasteiger partial charge is 0.303 e. The average molecular weight is 321 g/mol. The SMILES string of the molecule is CC(CCC(=O)O)Oc1ccc(Oc2ccc(Cl)cc2)cc1. The molecule has 2 aromatic rings. The highest BCUT2D eigenvalue weighted by atomic mass is 35.5. The van der Waals surface area contributed by atoms with E-state index in [9.17, 15) is 4.79 Å². The van der Waals surface area contributed by atoms with Crippen LogP contribution in [0, 0.1) is 0 Å². The highest BCUT2D eigenvalue weighted by Crippen LogP contribution is 2.25. The van der Waals surface area contributed by atoms with Crippen LogP contribution in [0.1, 0.15) is 19.8 Å². The Hall–Kier alpha value is -2.20. The van der Waals surface area contributed by atoms with E-state index < -0.39 is 5.97 Å². The second-order valence-corrected chi connectivity index (χ2v) is 5.32. The number of carbonyl (C=O) groups is 1. The molecule has 0 bridgehead atoms. The first-order chi connectivity index (χ1) is 10.5. The molecule has 0 heterocycles. The van der Waals surface area contributed by atoms with Crippen molar-refractivity contribution in [2.75, 3.05) is 0 Å². The van der Waals surface area contributed by atoms with Crippen molar-refractivity contribution < 1.29 is 19.4 Å². The molecule has 1 N–H and O–H groups in total. The van der Waals surface area contributed by atoms with E-state index in [-0.39, 0.29) is 12.5 Å². The molecule has 0 amide bonds. The molecule has 1 unspecified atom stereocenters. The summed E-state index contributed by atoms with van der Waals surface area (Å²) in [5, 5.41) is 9.30. The summed E-state index contributed by atoms with van der Waals surface area (Å²) in [6, 6.07) is 14.3. The molecule has 4 nitrogen and oxygen atoms in total. The minimum absolute atomic E-state index is 0.0962. The molecule has 116 valence electrons. The monoisotopic (exact) mass is 320 g/mol. The summed E-state index contributed by atoms with van der Waals surface area (Å²) in [6.45, 7) is 1.85. The summed E-state index contributed by atoms with van der Waals surface area (Å²) in [5.41, 5.74) is 0. The van der Waals surface area contributed by atoms with Crippen LogP contribution >= 0.6 is 11.6 Å². The van der Waals surface area contributed by atoms with Crippen molar-refractivity contribution in [1.29, 1.82) is 0 Å². The van der Waals surface area contributed by atoms with E-state index in [2.05, 4.69) is 0 Å². The van der Waals surface area contributed by atoms with Gasteiger partial charge < -0.3 is 14.6 Å². The molecule has 0 saturated heterocycles. The molecular formula is C17H17ClO4. The summed E-state index contributed by atoms with van der Waals surface area (Å²) in [6.07, 6.45) is 0.413. The van der Waals surface area contributed by atoms with Crippen molar-refractivity contribution in [3.63, 3.8) is 0 Å². The normalized spacial score (nSPS) is 11.7. The van der Waals surface area contributed by atoms with Gasteiger partial charge in [0.2, 0.25) is 0 Å². The Kier molecular flexibility index (Phi) is 5.67. The third kappa shape index (κ3) is 5.30. The van der Waals surface area contributed by atoms with Crippen LogP contribution in [-0.4, -0.2) is 17.2 Å². The van der Waals surface area contributed by atoms with Crippen LogP contribution in [0.5, 0.6) is 17.2 Å². The van der Waals surface area contributed by atoms with Crippen LogP contribution in [0.25, 0.3) is 0 Å². The lowest BCUT2D eigenvalue weighted by atomic mass is 10.2. The lowest BCUT2D eigenvalue weighted by Crippen LogP contribution is -2.13. The topological polar surface area (TPSA) is 55.8 Å². The van der Waals surface area contributed by atoms with E-state index in [1.807, 2.05) is 6.92 Å². The van der Waals surface area contributed by atoms with E-state index in [0.717, 1.165) is 0 Å². The Morgan fingerprint density at radius 3 is 2.09 bits per heavy atom. The molecule has 2 aromatic carbocycles. The molecule has 0 aliphatic rings. The fourth-order valence-electron chi connectivity index (χ4n) is 1.84. The summed E-state index contributed by atoms with van der Waals surface area (Å²) < 4.78 is 11.3. The van der Waals surface area contributed by atoms with Crippen LogP contribution in [0.3, 0.4) is 0 Å².